The molecule has 0 aromatic heterocycles. The summed E-state index contributed by atoms with van der Waals surface area (Å²) in [7, 11) is -3.43. The molecule has 13 nitrogen and oxygen atoms in total. The predicted octanol–water partition coefficient (Wildman–Crippen LogP) is 4.06. The molecular weight excluding hydrogens is 664 g/mol. The quantitative estimate of drug-likeness (QED) is 0.153. The first-order valence-electron chi connectivity index (χ1n) is 17.5. The van der Waals surface area contributed by atoms with Crippen LogP contribution in [0.15, 0.2) is 41.8 Å². The number of hydrogen-bond donors (Lipinski definition) is 4. The maximum atomic E-state index is 13.6. The Kier molecular flexibility index (Phi) is 18.0. The molecule has 1 saturated carbocycles. The summed E-state index contributed by atoms with van der Waals surface area (Å²) >= 11 is 0. The second-order valence-electron chi connectivity index (χ2n) is 13.6. The zero-order valence-corrected chi connectivity index (χ0v) is 31.1. The number of benzene rings is 1. The van der Waals surface area contributed by atoms with Gasteiger partial charge in [-0.15, -0.1) is 0 Å². The largest absolute Gasteiger partial charge is 0.462 e. The van der Waals surface area contributed by atoms with E-state index in [-0.39, 0.29) is 37.4 Å². The molecule has 0 heterocycles. The molecule has 1 aliphatic rings. The maximum absolute atomic E-state index is 13.6. The van der Waals surface area contributed by atoms with Crippen molar-refractivity contribution in [3.63, 3.8) is 0 Å². The molecule has 4 amide bonds. The third kappa shape index (κ3) is 16.6. The number of alkyl carbamates (subject to hydrolysis) is 1. The van der Waals surface area contributed by atoms with Gasteiger partial charge in [-0.2, -0.15) is 0 Å². The summed E-state index contributed by atoms with van der Waals surface area (Å²) in [6.07, 6.45) is 6.74. The van der Waals surface area contributed by atoms with Crippen molar-refractivity contribution in [3.05, 3.63) is 47.4 Å². The number of amides is 4. The molecule has 280 valence electrons. The Morgan fingerprint density at radius 1 is 0.880 bits per heavy atom. The highest BCUT2D eigenvalue weighted by molar-refractivity contribution is 7.93. The van der Waals surface area contributed by atoms with Gasteiger partial charge in [-0.05, 0) is 62.8 Å². The summed E-state index contributed by atoms with van der Waals surface area (Å²) in [4.78, 5) is 65.8. The van der Waals surface area contributed by atoms with Gasteiger partial charge < -0.3 is 30.7 Å². The Bertz CT molecular complexity index is 1400. The molecule has 14 heteroatoms. The molecule has 0 unspecified atom stereocenters. The number of nitrogens with one attached hydrogen (secondary N) is 4. The fourth-order valence-corrected chi connectivity index (χ4v) is 5.91. The molecule has 50 heavy (non-hydrogen) atoms. The van der Waals surface area contributed by atoms with E-state index in [9.17, 15) is 32.4 Å². The molecule has 0 bridgehead atoms. The Morgan fingerprint density at radius 3 is 2.14 bits per heavy atom. The number of ether oxygens (including phenoxy) is 2. The van der Waals surface area contributed by atoms with Crippen molar-refractivity contribution >= 4 is 39.6 Å². The topological polar surface area (TPSA) is 186 Å². The van der Waals surface area contributed by atoms with E-state index in [0.29, 0.717) is 12.8 Å². The van der Waals surface area contributed by atoms with Gasteiger partial charge in [0, 0.05) is 24.1 Å². The summed E-state index contributed by atoms with van der Waals surface area (Å²) < 4.78 is 34.3. The van der Waals surface area contributed by atoms with Crippen LogP contribution in [-0.2, 0) is 45.1 Å². The van der Waals surface area contributed by atoms with E-state index in [1.807, 2.05) is 39.0 Å². The van der Waals surface area contributed by atoms with Crippen LogP contribution in [0.25, 0.3) is 0 Å². The predicted molar refractivity (Wildman–Crippen MR) is 190 cm³/mol. The lowest BCUT2D eigenvalue weighted by Crippen LogP contribution is -2.57. The average molecular weight is 721 g/mol. The molecule has 1 aliphatic carbocycles. The molecule has 5 atom stereocenters. The van der Waals surface area contributed by atoms with Crippen LogP contribution < -0.4 is 21.3 Å². The Labute approximate surface area is 297 Å². The lowest BCUT2D eigenvalue weighted by atomic mass is 9.97. The van der Waals surface area contributed by atoms with Gasteiger partial charge >= 0.3 is 12.1 Å². The van der Waals surface area contributed by atoms with Crippen LogP contribution in [0.4, 0.5) is 4.79 Å². The molecule has 0 aliphatic heterocycles. The van der Waals surface area contributed by atoms with Gasteiger partial charge in [-0.3, -0.25) is 19.2 Å². The summed E-state index contributed by atoms with van der Waals surface area (Å²) in [5, 5.41) is 11.7. The molecule has 1 fully saturated rings. The average Bonchev–Trinajstić information content (AvgIpc) is 3.06. The molecule has 0 radical (unpaired) electrons. The van der Waals surface area contributed by atoms with E-state index in [1.54, 1.807) is 19.1 Å². The zero-order valence-electron chi connectivity index (χ0n) is 30.2. The van der Waals surface area contributed by atoms with Crippen molar-refractivity contribution in [2.75, 3.05) is 6.26 Å². The molecular formula is C36H56N4O9S. The number of rotatable bonds is 19. The summed E-state index contributed by atoms with van der Waals surface area (Å²) in [6, 6.07) is 5.07. The van der Waals surface area contributed by atoms with Crippen LogP contribution in [0.3, 0.4) is 0 Å². The van der Waals surface area contributed by atoms with Gasteiger partial charge in [0.1, 0.15) is 30.8 Å². The van der Waals surface area contributed by atoms with E-state index in [0.717, 1.165) is 49.3 Å². The summed E-state index contributed by atoms with van der Waals surface area (Å²) in [6.45, 7) is 8.94. The number of carbonyl (C=O) groups is 5. The third-order valence-corrected chi connectivity index (χ3v) is 9.12. The Morgan fingerprint density at radius 2 is 1.54 bits per heavy atom. The molecule has 1 aromatic carbocycles. The van der Waals surface area contributed by atoms with E-state index >= 15 is 0 Å². The first kappa shape index (κ1) is 42.2. The van der Waals surface area contributed by atoms with Crippen molar-refractivity contribution in [1.82, 2.24) is 21.3 Å². The van der Waals surface area contributed by atoms with E-state index in [2.05, 4.69) is 21.3 Å². The van der Waals surface area contributed by atoms with Gasteiger partial charge in [0.15, 0.2) is 9.84 Å². The number of carbonyl (C=O) groups excluding carboxylic acids is 5. The molecule has 4 N–H and O–H groups in total. The van der Waals surface area contributed by atoms with Gasteiger partial charge in [-0.1, -0.05) is 76.9 Å². The van der Waals surface area contributed by atoms with Crippen molar-refractivity contribution in [2.45, 2.75) is 129 Å². The normalized spacial score (nSPS) is 16.8. The second kappa shape index (κ2) is 21.3. The lowest BCUT2D eigenvalue weighted by Gasteiger charge is -2.27. The first-order valence-corrected chi connectivity index (χ1v) is 19.5. The fraction of sp³-hybridized carbons (Fsp3) is 0.639. The van der Waals surface area contributed by atoms with E-state index < -0.39 is 63.8 Å². The fourth-order valence-electron chi connectivity index (χ4n) is 5.43. The highest BCUT2D eigenvalue weighted by Gasteiger charge is 2.32. The minimum atomic E-state index is -3.43. The maximum Gasteiger partial charge on any atom is 0.408 e. The lowest BCUT2D eigenvalue weighted by molar-refractivity contribution is -0.151. The van der Waals surface area contributed by atoms with Crippen molar-refractivity contribution in [1.29, 1.82) is 0 Å². The molecule has 0 spiro atoms. The van der Waals surface area contributed by atoms with Crippen LogP contribution in [0, 0.1) is 11.8 Å². The minimum Gasteiger partial charge on any atom is -0.462 e. The van der Waals surface area contributed by atoms with Crippen LogP contribution in [0.5, 0.6) is 0 Å². The number of sulfone groups is 1. The molecule has 2 rings (SSSR count). The number of hydrogen-bond acceptors (Lipinski definition) is 9. The zero-order chi connectivity index (χ0) is 37.3. The van der Waals surface area contributed by atoms with E-state index in [4.69, 9.17) is 9.47 Å². The van der Waals surface area contributed by atoms with Crippen molar-refractivity contribution in [3.8, 4) is 0 Å². The first-order chi connectivity index (χ1) is 23.6. The highest BCUT2D eigenvalue weighted by atomic mass is 32.2. The summed E-state index contributed by atoms with van der Waals surface area (Å²) in [5.74, 6) is -2.65. The molecule has 1 aromatic rings. The van der Waals surface area contributed by atoms with Crippen molar-refractivity contribution in [2.24, 2.45) is 11.8 Å². The van der Waals surface area contributed by atoms with Crippen LogP contribution >= 0.6 is 0 Å². The van der Waals surface area contributed by atoms with Gasteiger partial charge in [0.05, 0.1) is 0 Å². The van der Waals surface area contributed by atoms with Gasteiger partial charge in [0.25, 0.3) is 0 Å². The monoisotopic (exact) mass is 720 g/mol. The van der Waals surface area contributed by atoms with E-state index in [1.165, 1.54) is 13.0 Å². The third-order valence-electron chi connectivity index (χ3n) is 8.47. The SMILES string of the molecule is CC[C@H](C)[C@H](NC(=O)OCc1ccccc1)C(=O)N[C@@H](CCC(=O)OC1CCCCC1)C(=O)N[C@@H](C)C(=O)N[C@H](/C=C/S(C)(=O)=O)CC(C)C. The highest BCUT2D eigenvalue weighted by Crippen LogP contribution is 2.21. The smallest absolute Gasteiger partial charge is 0.408 e. The van der Waals surface area contributed by atoms with Gasteiger partial charge in [0.2, 0.25) is 17.7 Å². The van der Waals surface area contributed by atoms with Gasteiger partial charge in [-0.25, -0.2) is 13.2 Å². The summed E-state index contributed by atoms with van der Waals surface area (Å²) in [5.41, 5.74) is 0.768. The van der Waals surface area contributed by atoms with Crippen molar-refractivity contribution < 1.29 is 41.9 Å². The standard InChI is InChI=1S/C36H56N4O9S/c1-7-25(4)32(40-36(45)48-23-27-14-10-8-11-15-27)35(44)39-30(18-19-31(41)49-29-16-12-9-13-17-29)34(43)37-26(5)33(42)38-28(22-24(2)3)20-21-50(6,46)47/h8,10-11,14-15,20-21,24-26,28-30,32H,7,9,12-13,16-19,22-23H2,1-6H3,(H,37,43)(H,38,42)(H,39,44)(H,40,45)/b21-20+/t25-,26-,28+,30-,32-/m0/s1. The Hall–Kier alpha value is -3.94. The molecule has 0 saturated heterocycles. The Balaban J connectivity index is 2.17. The van der Waals surface area contributed by atoms with Crippen LogP contribution in [0.1, 0.15) is 98.0 Å². The van der Waals surface area contributed by atoms with Crippen LogP contribution in [0.2, 0.25) is 0 Å². The minimum absolute atomic E-state index is 0.00230. The second-order valence-corrected chi connectivity index (χ2v) is 15.5. The van der Waals surface area contributed by atoms with Crippen LogP contribution in [-0.4, -0.2) is 74.7 Å². The number of esters is 1.